The van der Waals surface area contributed by atoms with Crippen molar-refractivity contribution in [2.45, 2.75) is 39.3 Å². The zero-order valence-corrected chi connectivity index (χ0v) is 11.8. The van der Waals surface area contributed by atoms with E-state index < -0.39 is 5.60 Å². The number of rotatable bonds is 4. The number of hydrogen-bond acceptors (Lipinski definition) is 3. The van der Waals surface area contributed by atoms with Crippen molar-refractivity contribution in [3.63, 3.8) is 0 Å². The lowest BCUT2D eigenvalue weighted by Gasteiger charge is -2.26. The quantitative estimate of drug-likeness (QED) is 0.854. The van der Waals surface area contributed by atoms with Crippen LogP contribution in [0.4, 0.5) is 5.69 Å². The maximum atomic E-state index is 12.3. The average molecular weight is 253 g/mol. The normalized spacial score (nSPS) is 11.9. The van der Waals surface area contributed by atoms with Gasteiger partial charge in [-0.3, -0.25) is 4.79 Å². The van der Waals surface area contributed by atoms with E-state index in [1.54, 1.807) is 33.2 Å². The van der Waals surface area contributed by atoms with E-state index in [4.69, 9.17) is 5.73 Å². The lowest BCUT2D eigenvalue weighted by atomic mass is 10.1. The summed E-state index contributed by atoms with van der Waals surface area (Å²) in [5, 5.41) is 9.74. The number of nitrogens with zero attached hydrogens (tertiary/aromatic N) is 2. The van der Waals surface area contributed by atoms with Crippen LogP contribution in [0.25, 0.3) is 0 Å². The molecule has 18 heavy (non-hydrogen) atoms. The van der Waals surface area contributed by atoms with Gasteiger partial charge in [0.2, 0.25) is 0 Å². The number of nitrogens with two attached hydrogens (primary N) is 1. The molecule has 1 amide bonds. The van der Waals surface area contributed by atoms with Gasteiger partial charge in [-0.1, -0.05) is 0 Å². The summed E-state index contributed by atoms with van der Waals surface area (Å²) in [6.45, 7) is 7.60. The molecule has 1 rings (SSSR count). The molecule has 0 bridgehead atoms. The lowest BCUT2D eigenvalue weighted by molar-refractivity contribution is 0.0361. The number of nitrogen functional groups attached to an aromatic ring is 1. The highest BCUT2D eigenvalue weighted by atomic mass is 16.3. The Morgan fingerprint density at radius 3 is 2.56 bits per heavy atom. The van der Waals surface area contributed by atoms with E-state index in [0.29, 0.717) is 11.4 Å². The molecule has 0 radical (unpaired) electrons. The third-order valence-electron chi connectivity index (χ3n) is 2.62. The molecule has 0 saturated heterocycles. The van der Waals surface area contributed by atoms with Crippen molar-refractivity contribution in [3.8, 4) is 0 Å². The molecular formula is C13H23N3O2. The molecule has 0 saturated carbocycles. The van der Waals surface area contributed by atoms with Gasteiger partial charge in [-0.05, 0) is 33.8 Å². The predicted octanol–water partition coefficient (Wildman–Crippen LogP) is 1.49. The number of anilines is 1. The first-order valence-corrected chi connectivity index (χ1v) is 6.07. The van der Waals surface area contributed by atoms with E-state index >= 15 is 0 Å². The predicted molar refractivity (Wildman–Crippen MR) is 72.5 cm³/mol. The largest absolute Gasteiger partial charge is 0.397 e. The summed E-state index contributed by atoms with van der Waals surface area (Å²) in [7, 11) is 1.67. The van der Waals surface area contributed by atoms with Crippen LogP contribution in [0, 0.1) is 0 Å². The minimum atomic E-state index is -0.911. The summed E-state index contributed by atoms with van der Waals surface area (Å²) >= 11 is 0. The summed E-state index contributed by atoms with van der Waals surface area (Å²) in [5.41, 5.74) is 5.95. The van der Waals surface area contributed by atoms with Crippen molar-refractivity contribution in [3.05, 3.63) is 18.0 Å². The SMILES string of the molecule is CC(C)n1cc(N)cc1C(=O)N(C)CC(C)(C)O. The minimum Gasteiger partial charge on any atom is -0.397 e. The topological polar surface area (TPSA) is 71.5 Å². The fraction of sp³-hybridized carbons (Fsp3) is 0.615. The second kappa shape index (κ2) is 5.02. The van der Waals surface area contributed by atoms with Crippen molar-refractivity contribution in [1.82, 2.24) is 9.47 Å². The highest BCUT2D eigenvalue weighted by Gasteiger charge is 2.23. The fourth-order valence-corrected chi connectivity index (χ4v) is 1.95. The summed E-state index contributed by atoms with van der Waals surface area (Å²) < 4.78 is 1.85. The zero-order valence-electron chi connectivity index (χ0n) is 11.8. The Labute approximate surface area is 108 Å². The van der Waals surface area contributed by atoms with E-state index in [9.17, 15) is 9.90 Å². The van der Waals surface area contributed by atoms with E-state index in [1.807, 2.05) is 18.4 Å². The summed E-state index contributed by atoms with van der Waals surface area (Å²) in [6, 6.07) is 1.83. The van der Waals surface area contributed by atoms with Crippen molar-refractivity contribution >= 4 is 11.6 Å². The molecule has 3 N–H and O–H groups in total. The van der Waals surface area contributed by atoms with Gasteiger partial charge < -0.3 is 20.3 Å². The van der Waals surface area contributed by atoms with Crippen LogP contribution in [0.1, 0.15) is 44.2 Å². The maximum absolute atomic E-state index is 12.3. The van der Waals surface area contributed by atoms with Gasteiger partial charge in [0.05, 0.1) is 11.3 Å². The molecule has 5 nitrogen and oxygen atoms in total. The molecule has 0 spiro atoms. The number of carbonyl (C=O) groups excluding carboxylic acids is 1. The summed E-state index contributed by atoms with van der Waals surface area (Å²) in [4.78, 5) is 13.8. The van der Waals surface area contributed by atoms with Gasteiger partial charge in [0.25, 0.3) is 5.91 Å². The van der Waals surface area contributed by atoms with Gasteiger partial charge in [0, 0.05) is 25.8 Å². The van der Waals surface area contributed by atoms with E-state index in [1.165, 1.54) is 4.90 Å². The number of hydrogen-bond donors (Lipinski definition) is 2. The van der Waals surface area contributed by atoms with Crippen LogP contribution >= 0.6 is 0 Å². The van der Waals surface area contributed by atoms with Gasteiger partial charge in [-0.25, -0.2) is 0 Å². The number of aromatic nitrogens is 1. The van der Waals surface area contributed by atoms with Gasteiger partial charge in [0.1, 0.15) is 5.69 Å². The summed E-state index contributed by atoms with van der Waals surface area (Å²) in [6.07, 6.45) is 1.76. The molecule has 1 aromatic rings. The van der Waals surface area contributed by atoms with Crippen LogP contribution in [0.2, 0.25) is 0 Å². The highest BCUT2D eigenvalue weighted by molar-refractivity contribution is 5.93. The Kier molecular flexibility index (Phi) is 4.06. The van der Waals surface area contributed by atoms with Gasteiger partial charge in [0.15, 0.2) is 0 Å². The Balaban J connectivity index is 2.97. The molecule has 0 fully saturated rings. The van der Waals surface area contributed by atoms with Crippen molar-refractivity contribution in [1.29, 1.82) is 0 Å². The Hall–Kier alpha value is -1.49. The smallest absolute Gasteiger partial charge is 0.270 e. The highest BCUT2D eigenvalue weighted by Crippen LogP contribution is 2.18. The molecule has 0 aliphatic rings. The number of carbonyl (C=O) groups is 1. The van der Waals surface area contributed by atoms with E-state index in [2.05, 4.69) is 0 Å². The van der Waals surface area contributed by atoms with Crippen LogP contribution in [0.3, 0.4) is 0 Å². The Bertz CT molecular complexity index is 430. The molecule has 0 aliphatic heterocycles. The number of likely N-dealkylation sites (N-methyl/N-ethyl adjacent to an activating group) is 1. The molecule has 1 heterocycles. The average Bonchev–Trinajstić information content (AvgIpc) is 2.56. The van der Waals surface area contributed by atoms with Gasteiger partial charge in [-0.15, -0.1) is 0 Å². The van der Waals surface area contributed by atoms with Crippen LogP contribution < -0.4 is 5.73 Å². The van der Waals surface area contributed by atoms with Crippen molar-refractivity contribution in [2.75, 3.05) is 19.3 Å². The Morgan fingerprint density at radius 1 is 1.56 bits per heavy atom. The molecule has 0 atom stereocenters. The first-order chi connectivity index (χ1) is 8.11. The number of aliphatic hydroxyl groups is 1. The second-order valence-corrected chi connectivity index (χ2v) is 5.63. The van der Waals surface area contributed by atoms with E-state index in [0.717, 1.165) is 0 Å². The van der Waals surface area contributed by atoms with E-state index in [-0.39, 0.29) is 18.5 Å². The zero-order chi connectivity index (χ0) is 14.1. The molecule has 5 heteroatoms. The minimum absolute atomic E-state index is 0.137. The molecule has 0 aromatic carbocycles. The van der Waals surface area contributed by atoms with Crippen LogP contribution in [0.5, 0.6) is 0 Å². The first-order valence-electron chi connectivity index (χ1n) is 6.07. The van der Waals surface area contributed by atoms with Crippen LogP contribution in [-0.2, 0) is 0 Å². The standard InChI is InChI=1S/C13H23N3O2/c1-9(2)16-7-10(14)6-11(16)12(17)15(5)8-13(3,4)18/h6-7,9,18H,8,14H2,1-5H3. The first kappa shape index (κ1) is 14.6. The monoisotopic (exact) mass is 253 g/mol. The van der Waals surface area contributed by atoms with Gasteiger partial charge >= 0.3 is 0 Å². The molecule has 1 aromatic heterocycles. The second-order valence-electron chi connectivity index (χ2n) is 5.63. The van der Waals surface area contributed by atoms with Crippen LogP contribution in [-0.4, -0.2) is 39.7 Å². The molecule has 0 unspecified atom stereocenters. The molecular weight excluding hydrogens is 230 g/mol. The molecule has 0 aliphatic carbocycles. The van der Waals surface area contributed by atoms with Gasteiger partial charge in [-0.2, -0.15) is 0 Å². The molecule has 102 valence electrons. The fourth-order valence-electron chi connectivity index (χ4n) is 1.95. The summed E-state index contributed by atoms with van der Waals surface area (Å²) in [5.74, 6) is -0.137. The van der Waals surface area contributed by atoms with Crippen molar-refractivity contribution < 1.29 is 9.90 Å². The number of amides is 1. The van der Waals surface area contributed by atoms with Crippen molar-refractivity contribution in [2.24, 2.45) is 0 Å². The third-order valence-corrected chi connectivity index (χ3v) is 2.62. The maximum Gasteiger partial charge on any atom is 0.270 e. The lowest BCUT2D eigenvalue weighted by Crippen LogP contribution is -2.40. The van der Waals surface area contributed by atoms with Crippen LogP contribution in [0.15, 0.2) is 12.3 Å². The third kappa shape index (κ3) is 3.50. The Morgan fingerprint density at radius 2 is 2.11 bits per heavy atom.